The molecule has 2 aromatic heterocycles. The van der Waals surface area contributed by atoms with Crippen LogP contribution in [-0.4, -0.2) is 36.2 Å². The summed E-state index contributed by atoms with van der Waals surface area (Å²) in [5.74, 6) is -0.153. The van der Waals surface area contributed by atoms with E-state index < -0.39 is 0 Å². The first-order chi connectivity index (χ1) is 8.31. The smallest absolute Gasteiger partial charge is 0.271 e. The van der Waals surface area contributed by atoms with Crippen LogP contribution < -0.4 is 10.6 Å². The minimum Gasteiger partial charge on any atom is -0.349 e. The van der Waals surface area contributed by atoms with Crippen molar-refractivity contribution < 1.29 is 4.79 Å². The highest BCUT2D eigenvalue weighted by Gasteiger charge is 2.10. The number of carbonyl (C=O) groups excluding carboxylic acids is 1. The zero-order chi connectivity index (χ0) is 12.1. The van der Waals surface area contributed by atoms with Crippen molar-refractivity contribution in [1.29, 1.82) is 0 Å². The molecule has 0 radical (unpaired) electrons. The molecule has 5 nitrogen and oxygen atoms in total. The fraction of sp³-hybridized carbons (Fsp3) is 0.273. The summed E-state index contributed by atoms with van der Waals surface area (Å²) in [5.41, 5.74) is 1.29. The molecule has 3 N–H and O–H groups in total. The van der Waals surface area contributed by atoms with E-state index in [1.165, 1.54) is 0 Å². The van der Waals surface area contributed by atoms with Gasteiger partial charge < -0.3 is 10.6 Å². The van der Waals surface area contributed by atoms with E-state index in [0.29, 0.717) is 12.2 Å². The number of nitrogens with one attached hydrogen (secondary N) is 3. The molecular weight excluding hydrogens is 236 g/mol. The lowest BCUT2D eigenvalue weighted by atomic mass is 10.3. The predicted octanol–water partition coefficient (Wildman–Crippen LogP) is 1.09. The Morgan fingerprint density at radius 3 is 3.12 bits per heavy atom. The van der Waals surface area contributed by atoms with Gasteiger partial charge in [-0.3, -0.25) is 9.89 Å². The van der Waals surface area contributed by atoms with Crippen LogP contribution in [0.2, 0.25) is 0 Å². The van der Waals surface area contributed by atoms with Crippen LogP contribution in [0.5, 0.6) is 0 Å². The molecular formula is C11H14N4OS. The second-order valence-corrected chi connectivity index (χ2v) is 4.45. The number of hydrogen-bond donors (Lipinski definition) is 3. The second kappa shape index (κ2) is 5.60. The Morgan fingerprint density at radius 2 is 2.41 bits per heavy atom. The third-order valence-corrected chi connectivity index (χ3v) is 3.16. The number of aromatic amines is 1. The second-order valence-electron chi connectivity index (χ2n) is 3.50. The summed E-state index contributed by atoms with van der Waals surface area (Å²) in [6.45, 7) is 1.34. The molecule has 0 atom stereocenters. The van der Waals surface area contributed by atoms with Gasteiger partial charge in [-0.25, -0.2) is 0 Å². The third-order valence-electron chi connectivity index (χ3n) is 2.26. The molecule has 0 spiro atoms. The first-order valence-corrected chi connectivity index (χ1v) is 6.21. The lowest BCUT2D eigenvalue weighted by Crippen LogP contribution is -2.30. The Bertz CT molecular complexity index is 477. The molecule has 0 bridgehead atoms. The summed E-state index contributed by atoms with van der Waals surface area (Å²) in [6, 6.07) is 5.72. The number of amides is 1. The maximum Gasteiger partial charge on any atom is 0.271 e. The zero-order valence-electron chi connectivity index (χ0n) is 9.49. The number of rotatable bonds is 5. The molecule has 0 saturated heterocycles. The summed E-state index contributed by atoms with van der Waals surface area (Å²) in [4.78, 5) is 12.8. The highest BCUT2D eigenvalue weighted by molar-refractivity contribution is 7.13. The molecule has 17 heavy (non-hydrogen) atoms. The average Bonchev–Trinajstić information content (AvgIpc) is 3.00. The maximum absolute atomic E-state index is 11.7. The van der Waals surface area contributed by atoms with E-state index >= 15 is 0 Å². The van der Waals surface area contributed by atoms with E-state index in [-0.39, 0.29) is 5.91 Å². The first-order valence-electron chi connectivity index (χ1n) is 5.33. The van der Waals surface area contributed by atoms with Crippen LogP contribution in [0.4, 0.5) is 0 Å². The fourth-order valence-electron chi connectivity index (χ4n) is 1.39. The number of nitrogens with zero attached hydrogens (tertiary/aromatic N) is 1. The molecule has 0 aromatic carbocycles. The van der Waals surface area contributed by atoms with E-state index in [0.717, 1.165) is 17.1 Å². The number of aromatic nitrogens is 2. The van der Waals surface area contributed by atoms with Gasteiger partial charge in [-0.05, 0) is 24.6 Å². The molecule has 0 unspecified atom stereocenters. The molecule has 2 rings (SSSR count). The summed E-state index contributed by atoms with van der Waals surface area (Å²) in [5, 5.41) is 14.6. The molecule has 2 heterocycles. The van der Waals surface area contributed by atoms with Crippen molar-refractivity contribution in [3.05, 3.63) is 29.3 Å². The number of carbonyl (C=O) groups is 1. The standard InChI is InChI=1S/C11H14N4OS/c1-12-4-5-13-11(16)9-7-8(14-15-9)10-3-2-6-17-10/h2-3,6-7,12H,4-5H2,1H3,(H,13,16)(H,14,15). The van der Waals surface area contributed by atoms with Gasteiger partial charge in [0.15, 0.2) is 5.69 Å². The van der Waals surface area contributed by atoms with Gasteiger partial charge in [0.2, 0.25) is 0 Å². The van der Waals surface area contributed by atoms with Crippen molar-refractivity contribution >= 4 is 17.2 Å². The predicted molar refractivity (Wildman–Crippen MR) is 68.2 cm³/mol. The quantitative estimate of drug-likeness (QED) is 0.696. The fourth-order valence-corrected chi connectivity index (χ4v) is 2.08. The minimum absolute atomic E-state index is 0.153. The van der Waals surface area contributed by atoms with Gasteiger partial charge in [0.25, 0.3) is 5.91 Å². The van der Waals surface area contributed by atoms with Crippen molar-refractivity contribution in [2.45, 2.75) is 0 Å². The summed E-state index contributed by atoms with van der Waals surface area (Å²) in [6.07, 6.45) is 0. The molecule has 90 valence electrons. The van der Waals surface area contributed by atoms with E-state index in [1.54, 1.807) is 17.4 Å². The molecule has 6 heteroatoms. The lowest BCUT2D eigenvalue weighted by Gasteiger charge is -2.00. The highest BCUT2D eigenvalue weighted by Crippen LogP contribution is 2.22. The number of likely N-dealkylation sites (N-methyl/N-ethyl adjacent to an activating group) is 1. The van der Waals surface area contributed by atoms with Crippen molar-refractivity contribution in [1.82, 2.24) is 20.8 Å². The van der Waals surface area contributed by atoms with E-state index in [4.69, 9.17) is 0 Å². The topological polar surface area (TPSA) is 69.8 Å². The van der Waals surface area contributed by atoms with Crippen LogP contribution in [0.1, 0.15) is 10.5 Å². The van der Waals surface area contributed by atoms with Gasteiger partial charge in [0.05, 0.1) is 10.6 Å². The largest absolute Gasteiger partial charge is 0.349 e. The Balaban J connectivity index is 2.01. The zero-order valence-corrected chi connectivity index (χ0v) is 10.3. The van der Waals surface area contributed by atoms with Gasteiger partial charge in [-0.1, -0.05) is 6.07 Å². The van der Waals surface area contributed by atoms with Gasteiger partial charge in [-0.2, -0.15) is 5.10 Å². The Hall–Kier alpha value is -1.66. The molecule has 0 aliphatic rings. The molecule has 0 aliphatic carbocycles. The van der Waals surface area contributed by atoms with Crippen LogP contribution >= 0.6 is 11.3 Å². The number of H-pyrrole nitrogens is 1. The molecule has 0 saturated carbocycles. The van der Waals surface area contributed by atoms with Gasteiger partial charge >= 0.3 is 0 Å². The third kappa shape index (κ3) is 2.92. The van der Waals surface area contributed by atoms with Crippen molar-refractivity contribution in [2.75, 3.05) is 20.1 Å². The van der Waals surface area contributed by atoms with Crippen LogP contribution in [0, 0.1) is 0 Å². The summed E-state index contributed by atoms with van der Waals surface area (Å²) >= 11 is 1.61. The van der Waals surface area contributed by atoms with Crippen molar-refractivity contribution in [2.24, 2.45) is 0 Å². The van der Waals surface area contributed by atoms with Crippen LogP contribution in [0.15, 0.2) is 23.6 Å². The van der Waals surface area contributed by atoms with Gasteiger partial charge in [0, 0.05) is 13.1 Å². The number of thiophene rings is 1. The maximum atomic E-state index is 11.7. The number of hydrogen-bond acceptors (Lipinski definition) is 4. The highest BCUT2D eigenvalue weighted by atomic mass is 32.1. The Labute approximate surface area is 103 Å². The minimum atomic E-state index is -0.153. The Morgan fingerprint density at radius 1 is 1.53 bits per heavy atom. The van der Waals surface area contributed by atoms with Crippen molar-refractivity contribution in [3.63, 3.8) is 0 Å². The SMILES string of the molecule is CNCCNC(=O)c1cc(-c2cccs2)[nH]n1. The van der Waals surface area contributed by atoms with Crippen LogP contribution in [-0.2, 0) is 0 Å². The van der Waals surface area contributed by atoms with E-state index in [9.17, 15) is 4.79 Å². The normalized spacial score (nSPS) is 10.4. The lowest BCUT2D eigenvalue weighted by molar-refractivity contribution is 0.0949. The molecule has 0 aliphatic heterocycles. The molecule has 1 amide bonds. The average molecular weight is 250 g/mol. The first kappa shape index (κ1) is 11.8. The molecule has 2 aromatic rings. The van der Waals surface area contributed by atoms with Crippen molar-refractivity contribution in [3.8, 4) is 10.6 Å². The summed E-state index contributed by atoms with van der Waals surface area (Å²) < 4.78 is 0. The monoisotopic (exact) mass is 250 g/mol. The van der Waals surface area contributed by atoms with Crippen LogP contribution in [0.25, 0.3) is 10.6 Å². The van der Waals surface area contributed by atoms with Gasteiger partial charge in [0.1, 0.15) is 0 Å². The molecule has 0 fully saturated rings. The summed E-state index contributed by atoms with van der Waals surface area (Å²) in [7, 11) is 1.84. The van der Waals surface area contributed by atoms with Gasteiger partial charge in [-0.15, -0.1) is 11.3 Å². The van der Waals surface area contributed by atoms with E-state index in [1.807, 2.05) is 24.6 Å². The Kier molecular flexibility index (Phi) is 3.89. The van der Waals surface area contributed by atoms with Crippen LogP contribution in [0.3, 0.4) is 0 Å². The van der Waals surface area contributed by atoms with E-state index in [2.05, 4.69) is 20.8 Å².